The van der Waals surface area contributed by atoms with E-state index in [0.717, 1.165) is 37.1 Å². The number of hydrogen-bond acceptors (Lipinski definition) is 4. The lowest BCUT2D eigenvalue weighted by molar-refractivity contribution is -0.131. The molecule has 7 heteroatoms. The van der Waals surface area contributed by atoms with E-state index in [1.54, 1.807) is 6.33 Å². The number of hydrogen-bond donors (Lipinski definition) is 1. The van der Waals surface area contributed by atoms with Crippen molar-refractivity contribution in [1.82, 2.24) is 19.8 Å². The number of fused-ring (bicyclic) bond motifs is 7. The fourth-order valence-corrected chi connectivity index (χ4v) is 5.17. The van der Waals surface area contributed by atoms with E-state index in [-0.39, 0.29) is 18.0 Å². The number of nitrogens with zero attached hydrogens (tertiary/aromatic N) is 4. The van der Waals surface area contributed by atoms with Gasteiger partial charge in [-0.2, -0.15) is 0 Å². The molecule has 1 N–H and O–H groups in total. The number of aryl methyl sites for hydroxylation is 1. The highest BCUT2D eigenvalue weighted by Gasteiger charge is 2.39. The van der Waals surface area contributed by atoms with Gasteiger partial charge in [-0.1, -0.05) is 18.2 Å². The normalized spacial score (nSPS) is 21.7. The second-order valence-corrected chi connectivity index (χ2v) is 8.70. The lowest BCUT2D eigenvalue weighted by Gasteiger charge is -2.26. The van der Waals surface area contributed by atoms with Crippen LogP contribution in [-0.4, -0.2) is 32.9 Å². The predicted molar refractivity (Wildman–Crippen MR) is 119 cm³/mol. The minimum atomic E-state index is -0.167. The van der Waals surface area contributed by atoms with E-state index in [0.29, 0.717) is 30.3 Å². The third-order valence-electron chi connectivity index (χ3n) is 6.83. The number of benzene rings is 2. The molecule has 1 aliphatic carbocycles. The number of carbonyl (C=O) groups excluding carboxylic acids is 1. The molecule has 3 aromatic rings. The molecular weight excluding hydrogens is 402 g/mol. The van der Waals surface area contributed by atoms with Crippen molar-refractivity contribution < 1.29 is 9.53 Å². The lowest BCUT2D eigenvalue weighted by Crippen LogP contribution is -2.39. The van der Waals surface area contributed by atoms with Crippen molar-refractivity contribution in [3.8, 4) is 11.5 Å². The average Bonchev–Trinajstić information content (AvgIpc) is 3.51. The maximum Gasteiger partial charge on any atom is 0.240 e. The van der Waals surface area contributed by atoms with E-state index < -0.39 is 0 Å². The first kappa shape index (κ1) is 19.1. The Morgan fingerprint density at radius 2 is 2.12 bits per heavy atom. The third kappa shape index (κ3) is 3.15. The molecule has 1 aromatic heterocycles. The van der Waals surface area contributed by atoms with Crippen LogP contribution >= 0.6 is 0 Å². The lowest BCUT2D eigenvalue weighted by atomic mass is 10.1. The predicted octanol–water partition coefficient (Wildman–Crippen LogP) is 3.97. The highest BCUT2D eigenvalue weighted by molar-refractivity contribution is 5.84. The molecule has 0 spiro atoms. The minimum absolute atomic E-state index is 0.0814. The number of nitrogens with one attached hydrogen (secondary N) is 1. The van der Waals surface area contributed by atoms with Crippen molar-refractivity contribution in [3.05, 3.63) is 82.7 Å². The first-order chi connectivity index (χ1) is 15.7. The Morgan fingerprint density at radius 3 is 3.03 bits per heavy atom. The summed E-state index contributed by atoms with van der Waals surface area (Å²) in [7, 11) is 0. The van der Waals surface area contributed by atoms with Crippen LogP contribution in [0.1, 0.15) is 41.3 Å². The molecule has 6 bridgehead atoms. The van der Waals surface area contributed by atoms with Crippen molar-refractivity contribution in [2.45, 2.75) is 44.4 Å². The summed E-state index contributed by atoms with van der Waals surface area (Å²) in [6, 6.07) is 11.8. The summed E-state index contributed by atoms with van der Waals surface area (Å²) in [5.74, 6) is 1.43. The molecule has 1 saturated heterocycles. The van der Waals surface area contributed by atoms with Crippen LogP contribution in [-0.2, 0) is 24.3 Å². The van der Waals surface area contributed by atoms with Gasteiger partial charge in [-0.15, -0.1) is 0 Å². The second-order valence-electron chi connectivity index (χ2n) is 8.70. The monoisotopic (exact) mass is 425 g/mol. The molecule has 160 valence electrons. The summed E-state index contributed by atoms with van der Waals surface area (Å²) in [5, 5.41) is 3.46. The van der Waals surface area contributed by atoms with Crippen LogP contribution < -0.4 is 10.1 Å². The van der Waals surface area contributed by atoms with E-state index >= 15 is 0 Å². The Labute approximate surface area is 186 Å². The molecule has 7 nitrogen and oxygen atoms in total. The fraction of sp³-hybridized carbons (Fsp3) is 0.320. The molecule has 0 unspecified atom stereocenters. The quantitative estimate of drug-likeness (QED) is 0.554. The second kappa shape index (κ2) is 7.50. The SMILES string of the molecule is [C-]#[N+]c1ccc2cc1Oc1ccc3c(c1)[C@@H](CC3)N1CC[C@@H](NCc3cncn3C2)C1=O. The van der Waals surface area contributed by atoms with Crippen LogP contribution in [0.2, 0.25) is 0 Å². The Balaban J connectivity index is 1.45. The zero-order valence-corrected chi connectivity index (χ0v) is 17.6. The largest absolute Gasteiger partial charge is 0.468 e. The molecule has 1 fully saturated rings. The molecule has 0 radical (unpaired) electrons. The molecular formula is C25H23N5O2. The van der Waals surface area contributed by atoms with Crippen LogP contribution in [0.4, 0.5) is 5.69 Å². The van der Waals surface area contributed by atoms with Crippen LogP contribution in [0.15, 0.2) is 48.9 Å². The molecule has 6 rings (SSSR count). The number of carbonyl (C=O) groups is 1. The molecule has 32 heavy (non-hydrogen) atoms. The maximum atomic E-state index is 13.2. The number of amides is 1. The van der Waals surface area contributed by atoms with E-state index in [4.69, 9.17) is 11.3 Å². The molecule has 2 atom stereocenters. The first-order valence-electron chi connectivity index (χ1n) is 11.0. The van der Waals surface area contributed by atoms with Crippen molar-refractivity contribution in [3.63, 3.8) is 0 Å². The zero-order valence-electron chi connectivity index (χ0n) is 17.6. The van der Waals surface area contributed by atoms with E-state index in [2.05, 4.69) is 31.8 Å². The van der Waals surface area contributed by atoms with Crippen LogP contribution in [0, 0.1) is 6.57 Å². The topological polar surface area (TPSA) is 63.8 Å². The third-order valence-corrected chi connectivity index (χ3v) is 6.83. The molecule has 2 aromatic carbocycles. The van der Waals surface area contributed by atoms with Gasteiger partial charge in [-0.3, -0.25) is 4.79 Å². The van der Waals surface area contributed by atoms with Gasteiger partial charge in [0.2, 0.25) is 11.6 Å². The Hall–Kier alpha value is -3.63. The number of ether oxygens (including phenoxy) is 1. The van der Waals surface area contributed by atoms with Gasteiger partial charge >= 0.3 is 0 Å². The van der Waals surface area contributed by atoms with Crippen LogP contribution in [0.3, 0.4) is 0 Å². The van der Waals surface area contributed by atoms with Crippen molar-refractivity contribution in [2.75, 3.05) is 6.54 Å². The van der Waals surface area contributed by atoms with E-state index in [9.17, 15) is 4.79 Å². The van der Waals surface area contributed by atoms with E-state index in [1.165, 1.54) is 11.1 Å². The first-order valence-corrected chi connectivity index (χ1v) is 11.0. The molecule has 1 amide bonds. The van der Waals surface area contributed by atoms with Gasteiger partial charge in [0, 0.05) is 25.8 Å². The van der Waals surface area contributed by atoms with E-state index in [1.807, 2.05) is 35.4 Å². The van der Waals surface area contributed by atoms with Gasteiger partial charge in [-0.05, 0) is 54.2 Å². The zero-order chi connectivity index (χ0) is 21.7. The summed E-state index contributed by atoms with van der Waals surface area (Å²) in [4.78, 5) is 23.2. The summed E-state index contributed by atoms with van der Waals surface area (Å²) in [6.07, 6.45) is 6.35. The molecule has 3 aliphatic rings. The van der Waals surface area contributed by atoms with Crippen molar-refractivity contribution >= 4 is 11.6 Å². The number of aromatic nitrogens is 2. The van der Waals surface area contributed by atoms with Gasteiger partial charge in [0.15, 0.2) is 0 Å². The highest BCUT2D eigenvalue weighted by atomic mass is 16.5. The molecule has 3 heterocycles. The minimum Gasteiger partial charge on any atom is -0.468 e. The Kier molecular flexibility index (Phi) is 4.47. The number of rotatable bonds is 0. The van der Waals surface area contributed by atoms with Gasteiger partial charge in [-0.25, -0.2) is 9.83 Å². The molecule has 0 saturated carbocycles. The average molecular weight is 425 g/mol. The van der Waals surface area contributed by atoms with Crippen LogP contribution in [0.25, 0.3) is 4.85 Å². The summed E-state index contributed by atoms with van der Waals surface area (Å²) >= 11 is 0. The van der Waals surface area contributed by atoms with Crippen LogP contribution in [0.5, 0.6) is 11.5 Å². The van der Waals surface area contributed by atoms with Crippen molar-refractivity contribution in [1.29, 1.82) is 0 Å². The summed E-state index contributed by atoms with van der Waals surface area (Å²) in [6.45, 7) is 9.51. The van der Waals surface area contributed by atoms with Gasteiger partial charge in [0.1, 0.15) is 11.5 Å². The summed E-state index contributed by atoms with van der Waals surface area (Å²) < 4.78 is 8.30. The Morgan fingerprint density at radius 1 is 1.19 bits per heavy atom. The summed E-state index contributed by atoms with van der Waals surface area (Å²) in [5.41, 5.74) is 4.98. The highest BCUT2D eigenvalue weighted by Crippen LogP contribution is 2.41. The van der Waals surface area contributed by atoms with Gasteiger partial charge in [0.25, 0.3) is 0 Å². The molecule has 2 aliphatic heterocycles. The fourth-order valence-electron chi connectivity index (χ4n) is 5.17. The Bertz CT molecular complexity index is 1260. The van der Waals surface area contributed by atoms with Crippen molar-refractivity contribution in [2.24, 2.45) is 0 Å². The smallest absolute Gasteiger partial charge is 0.240 e. The maximum absolute atomic E-state index is 13.2. The number of imidazole rings is 1. The van der Waals surface area contributed by atoms with Gasteiger partial charge < -0.3 is 19.5 Å². The van der Waals surface area contributed by atoms with Gasteiger partial charge in [0.05, 0.1) is 30.7 Å². The standard InChI is InChI=1S/C25H23N5O2/c1-26-21-6-2-16-10-24(21)32-19-5-3-17-4-7-23(20(17)11-19)30-9-8-22(25(30)31)28-13-18-12-27-15-29(18)14-16/h2-3,5-6,10-12,15,22-23,28H,4,7-9,13-14H2/t22-,23-/m1/s1.